The molecule has 6 aromatic rings. The van der Waals surface area contributed by atoms with E-state index in [1.807, 2.05) is 59.5 Å². The van der Waals surface area contributed by atoms with E-state index in [2.05, 4.69) is 30.5 Å². The topological polar surface area (TPSA) is 182 Å². The van der Waals surface area contributed by atoms with Crippen LogP contribution in [0.1, 0.15) is 61.5 Å². The molecule has 5 amide bonds. The van der Waals surface area contributed by atoms with Gasteiger partial charge in [0, 0.05) is 93.8 Å². The van der Waals surface area contributed by atoms with Gasteiger partial charge in [0.2, 0.25) is 5.91 Å². The number of urea groups is 1. The molecule has 65 heavy (non-hydrogen) atoms. The predicted octanol–water partition coefficient (Wildman–Crippen LogP) is 6.76. The van der Waals surface area contributed by atoms with Gasteiger partial charge in [0.25, 0.3) is 11.8 Å². The number of imide groups is 1. The molecule has 0 saturated carbocycles. The van der Waals surface area contributed by atoms with Gasteiger partial charge in [0.1, 0.15) is 35.0 Å². The zero-order valence-corrected chi connectivity index (χ0v) is 36.3. The summed E-state index contributed by atoms with van der Waals surface area (Å²) in [5, 5.41) is 6.67. The molecule has 17 heteroatoms. The number of piperazine rings is 1. The molecule has 2 aromatic heterocycles. The Morgan fingerprint density at radius 2 is 1.51 bits per heavy atom. The molecular weight excluding hydrogens is 850 g/mol. The molecule has 3 aliphatic heterocycles. The lowest BCUT2D eigenvalue weighted by Crippen LogP contribution is -2.50. The second-order valence-corrected chi connectivity index (χ2v) is 16.6. The summed E-state index contributed by atoms with van der Waals surface area (Å²) in [5.41, 5.74) is 3.80. The number of aromatic amines is 1. The number of ketones is 1. The van der Waals surface area contributed by atoms with E-state index in [4.69, 9.17) is 21.1 Å². The standard InChI is InChI=1S/C48H46ClN9O7/c1-64-40-14-11-32(25-39(40)58-20-17-41(59)54-48(58)63)47(62)57-23-21-55(22-24-57)28-30-7-9-31(10-8-30)46(61)56-18-15-33(16-19-56)53-45-42-37(27-50-44(42)51-29-52-45)43(60)36-13-12-35(26-38(36)49)65-34-5-3-2-4-6-34/h2-14,25-27,29,33H,15-24,28H2,1H3,(H,54,59,63)(H2,50,51,52,53). The van der Waals surface area contributed by atoms with Crippen LogP contribution in [-0.2, 0) is 11.3 Å². The minimum absolute atomic E-state index is 0.00987. The summed E-state index contributed by atoms with van der Waals surface area (Å²) in [5.74, 6) is 1.35. The van der Waals surface area contributed by atoms with Crippen molar-refractivity contribution in [1.82, 2.24) is 35.0 Å². The number of likely N-dealkylation sites (tertiary alicyclic amines) is 1. The summed E-state index contributed by atoms with van der Waals surface area (Å²) in [6.07, 6.45) is 4.60. The summed E-state index contributed by atoms with van der Waals surface area (Å²) in [6, 6.07) is 26.5. The number of nitrogens with zero attached hydrogens (tertiary/aromatic N) is 6. The SMILES string of the molecule is COc1ccc(C(=O)N2CCN(Cc3ccc(C(=O)N4CCC(Nc5ncnc6[nH]cc(C(=O)c7ccc(Oc8ccccc8)cc7Cl)c56)CC4)cc3)CC2)cc1N1CCC(=O)NC1=O. The Hall–Kier alpha value is -7.30. The van der Waals surface area contributed by atoms with Crippen LogP contribution in [0.25, 0.3) is 11.0 Å². The third-order valence-corrected chi connectivity index (χ3v) is 12.4. The number of carbonyl (C=O) groups is 5. The van der Waals surface area contributed by atoms with Gasteiger partial charge in [0.15, 0.2) is 5.78 Å². The molecule has 0 radical (unpaired) electrons. The van der Waals surface area contributed by atoms with Crippen molar-refractivity contribution in [3.8, 4) is 17.2 Å². The molecular formula is C48H46ClN9O7. The Morgan fingerprint density at radius 3 is 2.23 bits per heavy atom. The number of para-hydroxylation sites is 1. The first-order valence-corrected chi connectivity index (χ1v) is 21.8. The van der Waals surface area contributed by atoms with E-state index in [1.165, 1.54) is 18.3 Å². The Morgan fingerprint density at radius 1 is 0.785 bits per heavy atom. The number of fused-ring (bicyclic) bond motifs is 1. The van der Waals surface area contributed by atoms with Crippen molar-refractivity contribution in [2.75, 3.05) is 63.1 Å². The molecule has 3 aliphatic rings. The van der Waals surface area contributed by atoms with Crippen LogP contribution in [0, 0.1) is 0 Å². The highest BCUT2D eigenvalue weighted by atomic mass is 35.5. The highest BCUT2D eigenvalue weighted by molar-refractivity contribution is 6.35. The first-order valence-electron chi connectivity index (χ1n) is 21.5. The number of rotatable bonds is 12. The lowest BCUT2D eigenvalue weighted by Gasteiger charge is -2.35. The largest absolute Gasteiger partial charge is 0.495 e. The van der Waals surface area contributed by atoms with Crippen LogP contribution in [0.2, 0.25) is 5.02 Å². The highest BCUT2D eigenvalue weighted by Crippen LogP contribution is 2.34. The number of hydrogen-bond donors (Lipinski definition) is 3. The summed E-state index contributed by atoms with van der Waals surface area (Å²) in [6.45, 7) is 4.38. The van der Waals surface area contributed by atoms with Crippen molar-refractivity contribution < 1.29 is 33.4 Å². The van der Waals surface area contributed by atoms with Gasteiger partial charge >= 0.3 is 6.03 Å². The second-order valence-electron chi connectivity index (χ2n) is 16.2. The maximum atomic E-state index is 13.9. The van der Waals surface area contributed by atoms with E-state index in [9.17, 15) is 24.0 Å². The van der Waals surface area contributed by atoms with E-state index < -0.39 is 6.03 Å². The number of piperidine rings is 1. The van der Waals surface area contributed by atoms with Crippen LogP contribution in [0.15, 0.2) is 104 Å². The first kappa shape index (κ1) is 43.0. The smallest absolute Gasteiger partial charge is 0.328 e. The molecule has 0 bridgehead atoms. The quantitative estimate of drug-likeness (QED) is 0.110. The molecule has 0 aliphatic carbocycles. The van der Waals surface area contributed by atoms with E-state index in [0.717, 1.165) is 5.56 Å². The van der Waals surface area contributed by atoms with Crippen LogP contribution in [0.5, 0.6) is 17.2 Å². The first-order chi connectivity index (χ1) is 31.6. The fourth-order valence-corrected chi connectivity index (χ4v) is 8.75. The summed E-state index contributed by atoms with van der Waals surface area (Å²) in [4.78, 5) is 84.7. The van der Waals surface area contributed by atoms with Crippen molar-refractivity contribution in [2.45, 2.75) is 31.8 Å². The highest BCUT2D eigenvalue weighted by Gasteiger charge is 2.30. The number of ether oxygens (including phenoxy) is 2. The molecule has 16 nitrogen and oxygen atoms in total. The van der Waals surface area contributed by atoms with Crippen LogP contribution in [0.3, 0.4) is 0 Å². The summed E-state index contributed by atoms with van der Waals surface area (Å²) in [7, 11) is 1.50. The minimum atomic E-state index is -0.546. The molecule has 5 heterocycles. The van der Waals surface area contributed by atoms with Crippen molar-refractivity contribution in [3.63, 3.8) is 0 Å². The molecule has 4 aromatic carbocycles. The third kappa shape index (κ3) is 9.35. The van der Waals surface area contributed by atoms with Crippen molar-refractivity contribution >= 4 is 63.7 Å². The van der Waals surface area contributed by atoms with Gasteiger partial charge < -0.3 is 29.6 Å². The minimum Gasteiger partial charge on any atom is -0.495 e. The van der Waals surface area contributed by atoms with Crippen molar-refractivity contribution in [3.05, 3.63) is 136 Å². The van der Waals surface area contributed by atoms with Crippen LogP contribution >= 0.6 is 11.6 Å². The number of carbonyl (C=O) groups excluding carboxylic acids is 5. The number of H-pyrrole nitrogens is 1. The lowest BCUT2D eigenvalue weighted by atomic mass is 10.0. The van der Waals surface area contributed by atoms with Gasteiger partial charge in [-0.2, -0.15) is 0 Å². The van der Waals surface area contributed by atoms with E-state index >= 15 is 0 Å². The molecule has 3 N–H and O–H groups in total. The third-order valence-electron chi connectivity index (χ3n) is 12.0. The average molecular weight is 896 g/mol. The fraction of sp³-hybridized carbons (Fsp3) is 0.271. The number of halogens is 1. The molecule has 3 saturated heterocycles. The van der Waals surface area contributed by atoms with Crippen LogP contribution < -0.4 is 25.0 Å². The Bertz CT molecular complexity index is 2770. The molecule has 3 fully saturated rings. The summed E-state index contributed by atoms with van der Waals surface area (Å²) < 4.78 is 11.4. The number of hydrogen-bond acceptors (Lipinski definition) is 11. The maximum absolute atomic E-state index is 13.9. The van der Waals surface area contributed by atoms with Gasteiger partial charge in [-0.3, -0.25) is 34.3 Å². The normalized spacial score (nSPS) is 16.1. The van der Waals surface area contributed by atoms with Gasteiger partial charge in [-0.15, -0.1) is 0 Å². The van der Waals surface area contributed by atoms with E-state index in [0.29, 0.717) is 121 Å². The van der Waals surface area contributed by atoms with Crippen LogP contribution in [-0.4, -0.2) is 118 Å². The van der Waals surface area contributed by atoms with Crippen LogP contribution in [0.4, 0.5) is 16.3 Å². The zero-order valence-electron chi connectivity index (χ0n) is 35.6. The molecule has 332 valence electrons. The van der Waals surface area contributed by atoms with E-state index in [1.54, 1.807) is 47.5 Å². The molecule has 9 rings (SSSR count). The number of anilines is 2. The number of benzene rings is 4. The number of amides is 5. The van der Waals surface area contributed by atoms with Crippen molar-refractivity contribution in [1.29, 1.82) is 0 Å². The maximum Gasteiger partial charge on any atom is 0.328 e. The molecule has 0 atom stereocenters. The molecule has 0 spiro atoms. The average Bonchev–Trinajstić information content (AvgIpc) is 3.77. The van der Waals surface area contributed by atoms with Gasteiger partial charge in [-0.25, -0.2) is 14.8 Å². The fourth-order valence-electron chi connectivity index (χ4n) is 8.50. The Balaban J connectivity index is 0.763. The Labute approximate surface area is 379 Å². The Kier molecular flexibility index (Phi) is 12.4. The number of aromatic nitrogens is 3. The van der Waals surface area contributed by atoms with Gasteiger partial charge in [-0.05, 0) is 73.0 Å². The number of methoxy groups -OCH3 is 1. The predicted molar refractivity (Wildman–Crippen MR) is 244 cm³/mol. The summed E-state index contributed by atoms with van der Waals surface area (Å²) >= 11 is 6.63. The second kappa shape index (κ2) is 18.8. The number of nitrogens with one attached hydrogen (secondary N) is 3. The van der Waals surface area contributed by atoms with E-state index in [-0.39, 0.29) is 47.5 Å². The zero-order chi connectivity index (χ0) is 45.0. The van der Waals surface area contributed by atoms with Gasteiger partial charge in [0.05, 0.1) is 28.8 Å². The molecule has 0 unspecified atom stereocenters. The lowest BCUT2D eigenvalue weighted by molar-refractivity contribution is -0.120. The monoisotopic (exact) mass is 895 g/mol. The van der Waals surface area contributed by atoms with Crippen molar-refractivity contribution in [2.24, 2.45) is 0 Å². The van der Waals surface area contributed by atoms with Gasteiger partial charge in [-0.1, -0.05) is 41.9 Å².